The van der Waals surface area contributed by atoms with Gasteiger partial charge in [0.05, 0.1) is 23.3 Å². The van der Waals surface area contributed by atoms with Gasteiger partial charge < -0.3 is 10.4 Å². The molecular formula is C19H16Cl2N6O2. The van der Waals surface area contributed by atoms with Crippen LogP contribution < -0.4 is 10.3 Å². The second-order valence-corrected chi connectivity index (χ2v) is 7.37. The Balaban J connectivity index is 1.96. The van der Waals surface area contributed by atoms with E-state index >= 15 is 0 Å². The number of benzene rings is 1. The number of nitrogens with one attached hydrogen (secondary N) is 1. The lowest BCUT2D eigenvalue weighted by Crippen LogP contribution is -2.43. The molecule has 0 radical (unpaired) electrons. The van der Waals surface area contributed by atoms with E-state index in [1.54, 1.807) is 0 Å². The molecule has 1 aromatic carbocycles. The van der Waals surface area contributed by atoms with Crippen molar-refractivity contribution in [1.29, 1.82) is 5.26 Å². The lowest BCUT2D eigenvalue weighted by atomic mass is 10.1. The molecule has 2 amide bonds. The SMILES string of the molecule is C=C1NC(=O)N(c2cc(Cl)c(Cc3ncc(O)c(C(C)C)n3)c(Cl)c2)N=C1C#N. The third kappa shape index (κ3) is 4.16. The van der Waals surface area contributed by atoms with Crippen molar-refractivity contribution < 1.29 is 9.90 Å². The molecule has 0 saturated carbocycles. The zero-order chi connectivity index (χ0) is 21.3. The summed E-state index contributed by atoms with van der Waals surface area (Å²) in [7, 11) is 0. The zero-order valence-corrected chi connectivity index (χ0v) is 17.1. The first-order chi connectivity index (χ1) is 13.7. The van der Waals surface area contributed by atoms with Gasteiger partial charge in [0.2, 0.25) is 0 Å². The van der Waals surface area contributed by atoms with Gasteiger partial charge in [0.25, 0.3) is 0 Å². The zero-order valence-electron chi connectivity index (χ0n) is 15.6. The maximum absolute atomic E-state index is 12.2. The summed E-state index contributed by atoms with van der Waals surface area (Å²) >= 11 is 12.8. The number of nitrogens with zero attached hydrogens (tertiary/aromatic N) is 5. The van der Waals surface area contributed by atoms with E-state index in [9.17, 15) is 9.90 Å². The van der Waals surface area contributed by atoms with Crippen molar-refractivity contribution >= 4 is 40.6 Å². The number of allylic oxidation sites excluding steroid dienone is 1. The largest absolute Gasteiger partial charge is 0.504 e. The molecule has 10 heteroatoms. The Morgan fingerprint density at radius 3 is 2.59 bits per heavy atom. The Hall–Kier alpha value is -3.15. The van der Waals surface area contributed by atoms with Crippen LogP contribution in [0.25, 0.3) is 0 Å². The fraction of sp³-hybridized carbons (Fsp3) is 0.211. The number of carbonyl (C=O) groups is 1. The normalized spacial score (nSPS) is 13.9. The molecule has 1 aliphatic rings. The molecule has 3 rings (SSSR count). The molecule has 1 aromatic heterocycles. The molecule has 1 aliphatic heterocycles. The number of urea groups is 1. The van der Waals surface area contributed by atoms with E-state index in [-0.39, 0.29) is 45.2 Å². The Morgan fingerprint density at radius 1 is 1.34 bits per heavy atom. The predicted molar refractivity (Wildman–Crippen MR) is 110 cm³/mol. The molecule has 29 heavy (non-hydrogen) atoms. The molecule has 148 valence electrons. The molecule has 0 aliphatic carbocycles. The average molecular weight is 431 g/mol. The van der Waals surface area contributed by atoms with Gasteiger partial charge in [-0.15, -0.1) is 0 Å². The highest BCUT2D eigenvalue weighted by Gasteiger charge is 2.25. The molecule has 2 heterocycles. The maximum atomic E-state index is 12.2. The summed E-state index contributed by atoms with van der Waals surface area (Å²) in [5, 5.41) is 27.0. The molecule has 0 bridgehead atoms. The first-order valence-electron chi connectivity index (χ1n) is 8.53. The van der Waals surface area contributed by atoms with Crippen LogP contribution in [-0.2, 0) is 6.42 Å². The van der Waals surface area contributed by atoms with Gasteiger partial charge in [-0.3, -0.25) is 0 Å². The van der Waals surface area contributed by atoms with Crippen molar-refractivity contribution in [1.82, 2.24) is 15.3 Å². The van der Waals surface area contributed by atoms with E-state index in [4.69, 9.17) is 28.5 Å². The van der Waals surface area contributed by atoms with Gasteiger partial charge in [0.15, 0.2) is 11.5 Å². The Morgan fingerprint density at radius 2 is 2.00 bits per heavy atom. The molecule has 0 atom stereocenters. The summed E-state index contributed by atoms with van der Waals surface area (Å²) in [6.45, 7) is 7.39. The number of aromatic hydroxyl groups is 1. The molecule has 0 unspecified atom stereocenters. The average Bonchev–Trinajstić information content (AvgIpc) is 2.65. The molecule has 2 N–H and O–H groups in total. The highest BCUT2D eigenvalue weighted by molar-refractivity contribution is 6.36. The van der Waals surface area contributed by atoms with Crippen molar-refractivity contribution in [2.75, 3.05) is 5.01 Å². The van der Waals surface area contributed by atoms with E-state index in [1.807, 2.05) is 19.9 Å². The minimum absolute atomic E-state index is 0.0182. The lowest BCUT2D eigenvalue weighted by molar-refractivity contribution is 0.248. The van der Waals surface area contributed by atoms with E-state index in [0.717, 1.165) is 5.01 Å². The number of rotatable bonds is 4. The van der Waals surface area contributed by atoms with Crippen molar-refractivity contribution in [3.05, 3.63) is 57.7 Å². The van der Waals surface area contributed by atoms with Gasteiger partial charge in [0, 0.05) is 16.5 Å². The van der Waals surface area contributed by atoms with Crippen LogP contribution in [0.2, 0.25) is 10.0 Å². The van der Waals surface area contributed by atoms with E-state index in [0.29, 0.717) is 17.1 Å². The van der Waals surface area contributed by atoms with Crippen LogP contribution in [-0.4, -0.2) is 26.8 Å². The number of anilines is 1. The molecule has 2 aromatic rings. The monoisotopic (exact) mass is 430 g/mol. The predicted octanol–water partition coefficient (Wildman–Crippen LogP) is 4.13. The van der Waals surface area contributed by atoms with E-state index in [2.05, 4.69) is 27.0 Å². The first-order valence-corrected chi connectivity index (χ1v) is 9.28. The second kappa shape index (κ2) is 8.07. The highest BCUT2D eigenvalue weighted by Crippen LogP contribution is 2.33. The van der Waals surface area contributed by atoms with Gasteiger partial charge in [-0.2, -0.15) is 15.4 Å². The van der Waals surface area contributed by atoms with Crippen LogP contribution in [0.5, 0.6) is 5.75 Å². The number of hydrogen-bond acceptors (Lipinski definition) is 6. The number of hydrogen-bond donors (Lipinski definition) is 2. The Kier molecular flexibility index (Phi) is 5.73. The maximum Gasteiger partial charge on any atom is 0.347 e. The van der Waals surface area contributed by atoms with Gasteiger partial charge in [-0.05, 0) is 23.6 Å². The van der Waals surface area contributed by atoms with Crippen LogP contribution in [0.1, 0.15) is 36.8 Å². The number of amides is 2. The summed E-state index contributed by atoms with van der Waals surface area (Å²) in [5.74, 6) is 0.490. The van der Waals surface area contributed by atoms with Crippen LogP contribution >= 0.6 is 23.2 Å². The van der Waals surface area contributed by atoms with Crippen LogP contribution in [0.15, 0.2) is 35.7 Å². The molecule has 0 fully saturated rings. The van der Waals surface area contributed by atoms with Crippen molar-refractivity contribution in [3.8, 4) is 11.8 Å². The third-order valence-electron chi connectivity index (χ3n) is 4.14. The fourth-order valence-electron chi connectivity index (χ4n) is 2.69. The lowest BCUT2D eigenvalue weighted by Gasteiger charge is -2.24. The van der Waals surface area contributed by atoms with E-state index in [1.165, 1.54) is 18.3 Å². The summed E-state index contributed by atoms with van der Waals surface area (Å²) in [6, 6.07) is 4.30. The molecule has 8 nitrogen and oxygen atoms in total. The van der Waals surface area contributed by atoms with Gasteiger partial charge in [-0.1, -0.05) is 43.6 Å². The van der Waals surface area contributed by atoms with Crippen LogP contribution in [0, 0.1) is 11.3 Å². The Bertz CT molecular complexity index is 1070. The summed E-state index contributed by atoms with van der Waals surface area (Å²) in [5.41, 5.74) is 1.47. The standard InChI is InChI=1S/C19H16Cl2N6O2/c1-9(2)18-16(28)8-23-17(25-18)6-12-13(20)4-11(5-14(12)21)27-19(29)24-10(3)15(7-22)26-27/h4-5,8-9,28H,3,6H2,1-2H3,(H,24,29). The van der Waals surface area contributed by atoms with Gasteiger partial charge in [-0.25, -0.2) is 14.8 Å². The van der Waals surface area contributed by atoms with Crippen molar-refractivity contribution in [2.24, 2.45) is 5.10 Å². The van der Waals surface area contributed by atoms with Crippen LogP contribution in [0.3, 0.4) is 0 Å². The van der Waals surface area contributed by atoms with Crippen molar-refractivity contribution in [3.63, 3.8) is 0 Å². The summed E-state index contributed by atoms with van der Waals surface area (Å²) in [6.07, 6.45) is 1.57. The van der Waals surface area contributed by atoms with Gasteiger partial charge in [0.1, 0.15) is 11.9 Å². The second-order valence-electron chi connectivity index (χ2n) is 6.56. The van der Waals surface area contributed by atoms with Crippen molar-refractivity contribution in [2.45, 2.75) is 26.2 Å². The van der Waals surface area contributed by atoms with Crippen LogP contribution in [0.4, 0.5) is 10.5 Å². The number of hydrazone groups is 1. The number of carbonyl (C=O) groups excluding carboxylic acids is 1. The fourth-order valence-corrected chi connectivity index (χ4v) is 3.30. The third-order valence-corrected chi connectivity index (χ3v) is 4.82. The smallest absolute Gasteiger partial charge is 0.347 e. The number of aromatic nitrogens is 2. The summed E-state index contributed by atoms with van der Waals surface area (Å²) < 4.78 is 0. The highest BCUT2D eigenvalue weighted by atomic mass is 35.5. The quantitative estimate of drug-likeness (QED) is 0.756. The first kappa shape index (κ1) is 20.6. The Labute approximate surface area is 177 Å². The molecule has 0 saturated heterocycles. The number of halogens is 2. The van der Waals surface area contributed by atoms with Gasteiger partial charge >= 0.3 is 6.03 Å². The molecular weight excluding hydrogens is 415 g/mol. The minimum Gasteiger partial charge on any atom is -0.504 e. The topological polar surface area (TPSA) is 114 Å². The molecule has 0 spiro atoms. The van der Waals surface area contributed by atoms with E-state index < -0.39 is 6.03 Å². The number of nitriles is 1. The minimum atomic E-state index is -0.586. The summed E-state index contributed by atoms with van der Waals surface area (Å²) in [4.78, 5) is 20.7.